The third kappa shape index (κ3) is 2.88. The van der Waals surface area contributed by atoms with E-state index in [2.05, 4.69) is 0 Å². The van der Waals surface area contributed by atoms with Gasteiger partial charge in [0.2, 0.25) is 5.60 Å². The number of phenols is 1. The first-order valence-corrected chi connectivity index (χ1v) is 10.9. The highest BCUT2D eigenvalue weighted by Gasteiger charge is 2.50. The van der Waals surface area contributed by atoms with E-state index in [1.165, 1.54) is 0 Å². The van der Waals surface area contributed by atoms with Crippen molar-refractivity contribution in [2.24, 2.45) is 5.73 Å². The maximum atomic E-state index is 13.5. The van der Waals surface area contributed by atoms with Crippen molar-refractivity contribution in [3.8, 4) is 17.1 Å². The normalized spacial score (nSPS) is 18.5. The number of carbonyl (C=O) groups is 2. The van der Waals surface area contributed by atoms with Crippen LogP contribution in [0.25, 0.3) is 22.3 Å². The predicted molar refractivity (Wildman–Crippen MR) is 118 cm³/mol. The summed E-state index contributed by atoms with van der Waals surface area (Å²) < 4.78 is 12.4. The van der Waals surface area contributed by atoms with Crippen molar-refractivity contribution in [3.05, 3.63) is 56.9 Å². The Kier molecular flexibility index (Phi) is 4.75. The number of nitrogens with zero attached hydrogens (tertiary/aromatic N) is 2. The molecule has 5 rings (SSSR count). The Bertz CT molecular complexity index is 1410. The summed E-state index contributed by atoms with van der Waals surface area (Å²) in [5.74, 6) is -1.34. The third-order valence-corrected chi connectivity index (χ3v) is 6.57. The van der Waals surface area contributed by atoms with Gasteiger partial charge in [-0.1, -0.05) is 13.8 Å². The van der Waals surface area contributed by atoms with Crippen LogP contribution in [0.5, 0.6) is 5.75 Å². The number of pyridine rings is 2. The monoisotopic (exact) mass is 449 g/mol. The number of ether oxygens (including phenoxy) is 2. The molecule has 0 unspecified atom stereocenters. The topological polar surface area (TPSA) is 134 Å². The Morgan fingerprint density at radius 3 is 2.76 bits per heavy atom. The Morgan fingerprint density at radius 2 is 2.06 bits per heavy atom. The first-order valence-electron chi connectivity index (χ1n) is 10.9. The number of carbonyl (C=O) groups excluding carboxylic acids is 2. The number of fused-ring (bicyclic) bond motifs is 5. The molecule has 0 saturated heterocycles. The summed E-state index contributed by atoms with van der Waals surface area (Å²) in [5, 5.41) is 10.8. The van der Waals surface area contributed by atoms with Crippen LogP contribution in [-0.4, -0.2) is 33.1 Å². The van der Waals surface area contributed by atoms with Gasteiger partial charge >= 0.3 is 11.9 Å². The predicted octanol–water partition coefficient (Wildman–Crippen LogP) is 1.86. The average molecular weight is 449 g/mol. The van der Waals surface area contributed by atoms with Crippen molar-refractivity contribution in [2.45, 2.75) is 45.4 Å². The number of aryl methyl sites for hydroxylation is 1. The number of aromatic nitrogens is 2. The molecule has 9 heteroatoms. The fraction of sp³-hybridized carbons (Fsp3) is 0.333. The van der Waals surface area contributed by atoms with E-state index in [9.17, 15) is 19.5 Å². The molecule has 1 aromatic carbocycles. The standard InChI is InChI=1S/C24H23N3O6/c1-3-13-14-7-12(28)5-6-18(14)26-21-15(13)10-27-19(21)8-17-16(22(27)30)11-32-23(31)24(17,4-2)33-20(29)9-25/h5-8,28H,3-4,9-11,25H2,1-2H3/t24-/m0/s1. The minimum Gasteiger partial charge on any atom is -0.508 e. The summed E-state index contributed by atoms with van der Waals surface area (Å²) in [6.45, 7) is 3.41. The van der Waals surface area contributed by atoms with Crippen molar-refractivity contribution >= 4 is 22.8 Å². The van der Waals surface area contributed by atoms with Gasteiger partial charge in [-0.05, 0) is 42.7 Å². The van der Waals surface area contributed by atoms with Gasteiger partial charge in [0, 0.05) is 16.5 Å². The number of aromatic hydroxyl groups is 1. The lowest BCUT2D eigenvalue weighted by atomic mass is 9.85. The highest BCUT2D eigenvalue weighted by Crippen LogP contribution is 2.42. The van der Waals surface area contributed by atoms with Gasteiger partial charge in [-0.3, -0.25) is 9.59 Å². The van der Waals surface area contributed by atoms with Crippen LogP contribution in [0.15, 0.2) is 29.1 Å². The van der Waals surface area contributed by atoms with E-state index in [1.54, 1.807) is 35.8 Å². The Morgan fingerprint density at radius 1 is 1.27 bits per heavy atom. The van der Waals surface area contributed by atoms with E-state index in [0.717, 1.165) is 16.5 Å². The minimum absolute atomic E-state index is 0.0883. The number of rotatable bonds is 4. The summed E-state index contributed by atoms with van der Waals surface area (Å²) in [4.78, 5) is 43.3. The van der Waals surface area contributed by atoms with E-state index < -0.39 is 24.1 Å². The molecule has 3 N–H and O–H groups in total. The number of phenolic OH excluding ortho intramolecular Hbond substituents is 1. The molecule has 0 saturated carbocycles. The molecular weight excluding hydrogens is 426 g/mol. The molecule has 0 radical (unpaired) electrons. The molecule has 0 fully saturated rings. The smallest absolute Gasteiger partial charge is 0.355 e. The second kappa shape index (κ2) is 7.41. The molecular formula is C24H23N3O6. The molecule has 1 atom stereocenters. The largest absolute Gasteiger partial charge is 0.508 e. The van der Waals surface area contributed by atoms with Gasteiger partial charge in [0.25, 0.3) is 5.56 Å². The van der Waals surface area contributed by atoms with Gasteiger partial charge in [-0.15, -0.1) is 0 Å². The Labute approximate surface area is 188 Å². The molecule has 9 nitrogen and oxygen atoms in total. The molecule has 33 heavy (non-hydrogen) atoms. The van der Waals surface area contributed by atoms with Crippen LogP contribution in [-0.2, 0) is 44.2 Å². The number of esters is 2. The number of hydrogen-bond acceptors (Lipinski definition) is 8. The second-order valence-electron chi connectivity index (χ2n) is 8.22. The van der Waals surface area contributed by atoms with E-state index in [0.29, 0.717) is 35.4 Å². The number of benzene rings is 1. The molecule has 0 spiro atoms. The van der Waals surface area contributed by atoms with Gasteiger partial charge in [-0.25, -0.2) is 9.78 Å². The lowest BCUT2D eigenvalue weighted by molar-refractivity contribution is -0.188. The quantitative estimate of drug-likeness (QED) is 0.451. The lowest BCUT2D eigenvalue weighted by Crippen LogP contribution is -2.48. The third-order valence-electron chi connectivity index (χ3n) is 6.57. The molecule has 4 heterocycles. The van der Waals surface area contributed by atoms with Crippen LogP contribution in [0.2, 0.25) is 0 Å². The highest BCUT2D eigenvalue weighted by atomic mass is 16.6. The van der Waals surface area contributed by atoms with E-state index in [1.807, 2.05) is 6.92 Å². The number of nitrogens with two attached hydrogens (primary N) is 1. The van der Waals surface area contributed by atoms with Crippen molar-refractivity contribution in [1.29, 1.82) is 0 Å². The van der Waals surface area contributed by atoms with E-state index >= 15 is 0 Å². The fourth-order valence-electron chi connectivity index (χ4n) is 4.95. The number of hydrogen-bond donors (Lipinski definition) is 2. The van der Waals surface area contributed by atoms with Crippen molar-refractivity contribution in [3.63, 3.8) is 0 Å². The van der Waals surface area contributed by atoms with E-state index in [-0.39, 0.29) is 29.9 Å². The Hall–Kier alpha value is -3.72. The highest BCUT2D eigenvalue weighted by molar-refractivity contribution is 5.90. The van der Waals surface area contributed by atoms with Crippen LogP contribution >= 0.6 is 0 Å². The maximum Gasteiger partial charge on any atom is 0.355 e. The average Bonchev–Trinajstić information content (AvgIpc) is 3.18. The molecule has 0 aliphatic carbocycles. The lowest BCUT2D eigenvalue weighted by Gasteiger charge is -2.35. The summed E-state index contributed by atoms with van der Waals surface area (Å²) in [6.07, 6.45) is 0.771. The van der Waals surface area contributed by atoms with Crippen LogP contribution < -0.4 is 11.3 Å². The Balaban J connectivity index is 1.80. The fourth-order valence-corrected chi connectivity index (χ4v) is 4.95. The minimum atomic E-state index is -1.74. The van der Waals surface area contributed by atoms with Gasteiger partial charge in [0.15, 0.2) is 0 Å². The van der Waals surface area contributed by atoms with Crippen LogP contribution in [0.4, 0.5) is 0 Å². The zero-order chi connectivity index (χ0) is 23.5. The zero-order valence-corrected chi connectivity index (χ0v) is 18.3. The van der Waals surface area contributed by atoms with Crippen LogP contribution in [0.1, 0.15) is 42.5 Å². The van der Waals surface area contributed by atoms with E-state index in [4.69, 9.17) is 20.2 Å². The van der Waals surface area contributed by atoms with Gasteiger partial charge in [0.05, 0.1) is 35.6 Å². The summed E-state index contributed by atoms with van der Waals surface area (Å²) in [5.41, 5.74) is 7.73. The van der Waals surface area contributed by atoms with Crippen molar-refractivity contribution in [1.82, 2.24) is 9.55 Å². The SMILES string of the molecule is CCc1c2c(nc3ccc(O)cc13)-c1cc3c(c(=O)n1C2)COC(=O)[C@@]3(CC)OC(=O)CN. The molecule has 2 aliphatic heterocycles. The van der Waals surface area contributed by atoms with Gasteiger partial charge < -0.3 is 24.9 Å². The molecule has 3 aromatic rings. The van der Waals surface area contributed by atoms with Gasteiger partial charge in [0.1, 0.15) is 12.4 Å². The molecule has 0 amide bonds. The summed E-state index contributed by atoms with van der Waals surface area (Å²) in [7, 11) is 0. The van der Waals surface area contributed by atoms with Crippen molar-refractivity contribution < 1.29 is 24.2 Å². The maximum absolute atomic E-state index is 13.5. The van der Waals surface area contributed by atoms with Gasteiger partial charge in [-0.2, -0.15) is 0 Å². The first kappa shape index (κ1) is 21.1. The summed E-state index contributed by atoms with van der Waals surface area (Å²) >= 11 is 0. The van der Waals surface area contributed by atoms with Crippen LogP contribution in [0, 0.1) is 0 Å². The first-order chi connectivity index (χ1) is 15.8. The summed E-state index contributed by atoms with van der Waals surface area (Å²) in [6, 6.07) is 6.70. The number of cyclic esters (lactones) is 1. The molecule has 2 aromatic heterocycles. The molecule has 0 bridgehead atoms. The molecule has 2 aliphatic rings. The van der Waals surface area contributed by atoms with Crippen molar-refractivity contribution in [2.75, 3.05) is 6.54 Å². The van der Waals surface area contributed by atoms with Crippen LogP contribution in [0.3, 0.4) is 0 Å². The molecule has 170 valence electrons. The second-order valence-corrected chi connectivity index (χ2v) is 8.22. The zero-order valence-electron chi connectivity index (χ0n) is 18.3.